The van der Waals surface area contributed by atoms with Crippen molar-refractivity contribution in [2.45, 2.75) is 361 Å². The molecule has 0 radical (unpaired) electrons. The van der Waals surface area contributed by atoms with Gasteiger partial charge < -0.3 is 14.2 Å². The van der Waals surface area contributed by atoms with Crippen LogP contribution in [-0.2, 0) is 28.6 Å². The van der Waals surface area contributed by atoms with Crippen molar-refractivity contribution in [1.29, 1.82) is 0 Å². The van der Waals surface area contributed by atoms with E-state index in [1.54, 1.807) is 0 Å². The van der Waals surface area contributed by atoms with E-state index in [-0.39, 0.29) is 31.1 Å². The van der Waals surface area contributed by atoms with E-state index in [0.717, 1.165) is 96.3 Å². The Hall–Kier alpha value is -2.89. The summed E-state index contributed by atoms with van der Waals surface area (Å²) in [5.41, 5.74) is 0. The third-order valence-electron chi connectivity index (χ3n) is 15.0. The summed E-state index contributed by atoms with van der Waals surface area (Å²) in [7, 11) is 0. The molecule has 77 heavy (non-hydrogen) atoms. The molecule has 0 aliphatic heterocycles. The fraction of sp³-hybridized carbons (Fsp3) is 0.817. The smallest absolute Gasteiger partial charge is 0.306 e. The van der Waals surface area contributed by atoms with E-state index >= 15 is 0 Å². The maximum Gasteiger partial charge on any atom is 0.306 e. The number of carbonyl (C=O) groups excluding carboxylic acids is 3. The van der Waals surface area contributed by atoms with Gasteiger partial charge in [0.25, 0.3) is 0 Å². The SMILES string of the molecule is CCCC/C=C\C/C=C\CCCCCCCC(=O)OCC(COC(=O)CCCCCCCCCC/C=C\C/C=C\C/C=C\CCCCCCC)OC(=O)CCCCCCCCCCCCCCCCCCCCCCCC. The molecule has 1 unspecified atom stereocenters. The summed E-state index contributed by atoms with van der Waals surface area (Å²) in [6, 6.07) is 0. The van der Waals surface area contributed by atoms with Crippen molar-refractivity contribution in [3.63, 3.8) is 0 Å². The van der Waals surface area contributed by atoms with E-state index in [0.29, 0.717) is 19.3 Å². The normalized spacial score (nSPS) is 12.4. The molecular weight excluding hydrogens is 949 g/mol. The van der Waals surface area contributed by atoms with Crippen LogP contribution >= 0.6 is 0 Å². The Morgan fingerprint density at radius 2 is 0.481 bits per heavy atom. The second-order valence-corrected chi connectivity index (χ2v) is 22.7. The minimum Gasteiger partial charge on any atom is -0.462 e. The molecule has 0 bridgehead atoms. The molecule has 0 fully saturated rings. The number of rotatable bonds is 62. The van der Waals surface area contributed by atoms with Gasteiger partial charge in [-0.15, -0.1) is 0 Å². The Kier molecular flexibility index (Phi) is 63.2. The number of ether oxygens (including phenoxy) is 3. The molecule has 0 aromatic rings. The molecule has 448 valence electrons. The molecule has 0 amide bonds. The van der Waals surface area contributed by atoms with Crippen LogP contribution in [0.4, 0.5) is 0 Å². The average molecular weight is 1080 g/mol. The van der Waals surface area contributed by atoms with Gasteiger partial charge >= 0.3 is 17.9 Å². The Bertz CT molecular complexity index is 1380. The summed E-state index contributed by atoms with van der Waals surface area (Å²) in [5, 5.41) is 0. The van der Waals surface area contributed by atoms with Crippen molar-refractivity contribution in [2.24, 2.45) is 0 Å². The van der Waals surface area contributed by atoms with E-state index in [1.807, 2.05) is 0 Å². The molecule has 0 saturated heterocycles. The number of esters is 3. The van der Waals surface area contributed by atoms with Gasteiger partial charge in [-0.25, -0.2) is 0 Å². The molecule has 0 aliphatic rings. The monoisotopic (exact) mass is 1080 g/mol. The Balaban J connectivity index is 4.32. The highest BCUT2D eigenvalue weighted by atomic mass is 16.6. The van der Waals surface area contributed by atoms with Crippen LogP contribution < -0.4 is 0 Å². The lowest BCUT2D eigenvalue weighted by atomic mass is 10.0. The third-order valence-corrected chi connectivity index (χ3v) is 15.0. The first-order chi connectivity index (χ1) is 38.0. The number of hydrogen-bond donors (Lipinski definition) is 0. The van der Waals surface area contributed by atoms with E-state index < -0.39 is 6.10 Å². The summed E-state index contributed by atoms with van der Waals surface area (Å²) in [6.07, 6.45) is 83.8. The van der Waals surface area contributed by atoms with E-state index in [1.165, 1.54) is 218 Å². The van der Waals surface area contributed by atoms with Gasteiger partial charge in [-0.3, -0.25) is 14.4 Å². The molecule has 0 N–H and O–H groups in total. The predicted octanol–water partition coefficient (Wildman–Crippen LogP) is 23.1. The highest BCUT2D eigenvalue weighted by Gasteiger charge is 2.19. The zero-order valence-corrected chi connectivity index (χ0v) is 51.5. The first kappa shape index (κ1) is 74.1. The lowest BCUT2D eigenvalue weighted by Crippen LogP contribution is -2.30. The van der Waals surface area contributed by atoms with Crippen LogP contribution in [0.1, 0.15) is 355 Å². The zero-order chi connectivity index (χ0) is 55.7. The lowest BCUT2D eigenvalue weighted by Gasteiger charge is -2.18. The van der Waals surface area contributed by atoms with Gasteiger partial charge in [-0.2, -0.15) is 0 Å². The van der Waals surface area contributed by atoms with Crippen molar-refractivity contribution in [2.75, 3.05) is 13.2 Å². The molecular formula is C71H128O6. The second kappa shape index (κ2) is 65.6. The summed E-state index contributed by atoms with van der Waals surface area (Å²) < 4.78 is 17.0. The molecule has 0 aromatic carbocycles. The molecule has 0 saturated carbocycles. The quantitative estimate of drug-likeness (QED) is 0.0261. The van der Waals surface area contributed by atoms with Crippen molar-refractivity contribution < 1.29 is 28.6 Å². The Morgan fingerprint density at radius 1 is 0.260 bits per heavy atom. The summed E-state index contributed by atoms with van der Waals surface area (Å²) in [5.74, 6) is -0.879. The van der Waals surface area contributed by atoms with E-state index in [4.69, 9.17) is 14.2 Å². The molecule has 0 spiro atoms. The minimum absolute atomic E-state index is 0.0797. The average Bonchev–Trinajstić information content (AvgIpc) is 3.43. The van der Waals surface area contributed by atoms with Crippen LogP contribution in [0.2, 0.25) is 0 Å². The maximum absolute atomic E-state index is 12.9. The van der Waals surface area contributed by atoms with Gasteiger partial charge in [0.2, 0.25) is 0 Å². The van der Waals surface area contributed by atoms with Gasteiger partial charge in [0.15, 0.2) is 6.10 Å². The van der Waals surface area contributed by atoms with Gasteiger partial charge in [0.05, 0.1) is 0 Å². The first-order valence-corrected chi connectivity index (χ1v) is 33.8. The summed E-state index contributed by atoms with van der Waals surface area (Å²) in [4.78, 5) is 38.4. The van der Waals surface area contributed by atoms with Crippen LogP contribution in [0.3, 0.4) is 0 Å². The van der Waals surface area contributed by atoms with Crippen LogP contribution in [0.15, 0.2) is 60.8 Å². The molecule has 6 heteroatoms. The topological polar surface area (TPSA) is 78.9 Å². The van der Waals surface area contributed by atoms with Crippen LogP contribution in [0.25, 0.3) is 0 Å². The van der Waals surface area contributed by atoms with Crippen LogP contribution in [0, 0.1) is 0 Å². The third kappa shape index (κ3) is 63.8. The Labute approximate surface area is 479 Å². The first-order valence-electron chi connectivity index (χ1n) is 33.8. The van der Waals surface area contributed by atoms with Gasteiger partial charge in [0.1, 0.15) is 13.2 Å². The number of carbonyl (C=O) groups is 3. The van der Waals surface area contributed by atoms with E-state index in [2.05, 4.69) is 81.5 Å². The summed E-state index contributed by atoms with van der Waals surface area (Å²) in [6.45, 7) is 6.63. The molecule has 0 heterocycles. The highest BCUT2D eigenvalue weighted by Crippen LogP contribution is 2.18. The van der Waals surface area contributed by atoms with Gasteiger partial charge in [-0.1, -0.05) is 313 Å². The van der Waals surface area contributed by atoms with Gasteiger partial charge in [-0.05, 0) is 83.5 Å². The number of unbranched alkanes of at least 4 members (excludes halogenated alkanes) is 41. The zero-order valence-electron chi connectivity index (χ0n) is 51.5. The Morgan fingerprint density at radius 3 is 0.766 bits per heavy atom. The van der Waals surface area contributed by atoms with E-state index in [9.17, 15) is 14.4 Å². The molecule has 0 rings (SSSR count). The predicted molar refractivity (Wildman–Crippen MR) is 335 cm³/mol. The van der Waals surface area contributed by atoms with Crippen molar-refractivity contribution >= 4 is 17.9 Å². The molecule has 6 nitrogen and oxygen atoms in total. The minimum atomic E-state index is -0.783. The summed E-state index contributed by atoms with van der Waals surface area (Å²) >= 11 is 0. The van der Waals surface area contributed by atoms with Crippen LogP contribution in [-0.4, -0.2) is 37.2 Å². The molecule has 0 aromatic heterocycles. The maximum atomic E-state index is 12.9. The highest BCUT2D eigenvalue weighted by molar-refractivity contribution is 5.71. The standard InChI is InChI=1S/C71H128O6/c1-4-7-10-13-16-19-22-25-28-30-32-34-36-38-39-41-43-46-49-52-55-58-61-64-70(73)76-67-68(66-75-69(72)63-60-57-54-51-48-45-27-24-21-18-15-12-9-6-3)77-71(74)65-62-59-56-53-50-47-44-42-40-37-35-33-31-29-26-23-20-17-14-11-8-5-2/h15,18,22,24-25,27,30,32,36,38,68H,4-14,16-17,19-21,23,26,28-29,31,33-35,37,39-67H2,1-3H3/b18-15-,25-22-,27-24-,32-30-,38-36-. The van der Waals surface area contributed by atoms with Crippen molar-refractivity contribution in [3.05, 3.63) is 60.8 Å². The van der Waals surface area contributed by atoms with Crippen LogP contribution in [0.5, 0.6) is 0 Å². The number of hydrogen-bond acceptors (Lipinski definition) is 6. The number of allylic oxidation sites excluding steroid dienone is 10. The molecule has 0 aliphatic carbocycles. The van der Waals surface area contributed by atoms with Gasteiger partial charge in [0, 0.05) is 19.3 Å². The lowest BCUT2D eigenvalue weighted by molar-refractivity contribution is -0.167. The fourth-order valence-electron chi connectivity index (χ4n) is 9.88. The van der Waals surface area contributed by atoms with Crippen molar-refractivity contribution in [3.8, 4) is 0 Å². The second-order valence-electron chi connectivity index (χ2n) is 22.7. The molecule has 1 atom stereocenters. The largest absolute Gasteiger partial charge is 0.462 e. The van der Waals surface area contributed by atoms with Crippen molar-refractivity contribution in [1.82, 2.24) is 0 Å². The fourth-order valence-corrected chi connectivity index (χ4v) is 9.88.